The van der Waals surface area contributed by atoms with Crippen molar-refractivity contribution in [2.75, 3.05) is 6.61 Å². The predicted octanol–water partition coefficient (Wildman–Crippen LogP) is 4.65. The van der Waals surface area contributed by atoms with Gasteiger partial charge in [0.1, 0.15) is 11.9 Å². The minimum absolute atomic E-state index is 0.142. The van der Waals surface area contributed by atoms with Crippen molar-refractivity contribution in [3.05, 3.63) is 23.3 Å². The fraction of sp³-hybridized carbons (Fsp3) is 0.720. The van der Waals surface area contributed by atoms with Crippen LogP contribution in [0.25, 0.3) is 0 Å². The Morgan fingerprint density at radius 1 is 1.07 bits per heavy atom. The summed E-state index contributed by atoms with van der Waals surface area (Å²) in [6.45, 7) is 13.9. The summed E-state index contributed by atoms with van der Waals surface area (Å²) in [5, 5.41) is 0. The van der Waals surface area contributed by atoms with Gasteiger partial charge in [0.2, 0.25) is 0 Å². The molecular formula is C25H36O5. The minimum Gasteiger partial charge on any atom is -0.462 e. The summed E-state index contributed by atoms with van der Waals surface area (Å²) < 4.78 is 11.7. The number of Topliss-reactive ketones (excluding diaryl/α,β-unsaturated/α-hetero) is 1. The molecule has 5 heteroatoms. The van der Waals surface area contributed by atoms with Gasteiger partial charge in [-0.2, -0.15) is 0 Å². The Morgan fingerprint density at radius 2 is 1.67 bits per heavy atom. The summed E-state index contributed by atoms with van der Waals surface area (Å²) in [7, 11) is 0. The number of allylic oxidation sites excluding steroid dienone is 2. The van der Waals surface area contributed by atoms with Crippen molar-refractivity contribution in [2.45, 2.75) is 73.8 Å². The summed E-state index contributed by atoms with van der Waals surface area (Å²) >= 11 is 0. The fourth-order valence-electron chi connectivity index (χ4n) is 6.50. The summed E-state index contributed by atoms with van der Waals surface area (Å²) in [4.78, 5) is 38.0. The van der Waals surface area contributed by atoms with E-state index in [-0.39, 0.29) is 58.3 Å². The van der Waals surface area contributed by atoms with Crippen LogP contribution >= 0.6 is 0 Å². The third-order valence-corrected chi connectivity index (χ3v) is 8.39. The zero-order chi connectivity index (χ0) is 22.4. The van der Waals surface area contributed by atoms with E-state index in [9.17, 15) is 14.4 Å². The van der Waals surface area contributed by atoms with Gasteiger partial charge in [-0.25, -0.2) is 9.59 Å². The Morgan fingerprint density at radius 3 is 2.23 bits per heavy atom. The summed E-state index contributed by atoms with van der Waals surface area (Å²) in [5.41, 5.74) is 0.523. The monoisotopic (exact) mass is 416 g/mol. The van der Waals surface area contributed by atoms with Crippen molar-refractivity contribution < 1.29 is 23.9 Å². The lowest BCUT2D eigenvalue weighted by molar-refractivity contribution is -0.239. The molecule has 30 heavy (non-hydrogen) atoms. The van der Waals surface area contributed by atoms with E-state index in [4.69, 9.17) is 9.47 Å². The Hall–Kier alpha value is -1.91. The van der Waals surface area contributed by atoms with E-state index < -0.39 is 0 Å². The van der Waals surface area contributed by atoms with E-state index in [1.807, 2.05) is 13.8 Å². The number of hydrogen-bond acceptors (Lipinski definition) is 5. The second kappa shape index (κ2) is 7.97. The van der Waals surface area contributed by atoms with Gasteiger partial charge < -0.3 is 9.47 Å². The van der Waals surface area contributed by atoms with Crippen LogP contribution in [0.2, 0.25) is 0 Å². The molecule has 5 nitrogen and oxygen atoms in total. The largest absolute Gasteiger partial charge is 0.462 e. The maximum atomic E-state index is 13.1. The molecule has 0 heterocycles. The standard InChI is InChI=1S/C25H36O5/c1-8-14(3)22(27)29-13-24(6)11-10-18(30-23(28)15(4)9-2)25(7)19-16(5)12-17(26)20(25)21(19)24/h8-9,16,18-21H,10-13H2,1-7H3. The molecule has 0 aliphatic heterocycles. The van der Waals surface area contributed by atoms with Crippen LogP contribution in [0.3, 0.4) is 0 Å². The van der Waals surface area contributed by atoms with Gasteiger partial charge in [-0.15, -0.1) is 0 Å². The van der Waals surface area contributed by atoms with Gasteiger partial charge in [-0.1, -0.05) is 32.9 Å². The van der Waals surface area contributed by atoms with Crippen LogP contribution in [0.5, 0.6) is 0 Å². The maximum absolute atomic E-state index is 13.1. The van der Waals surface area contributed by atoms with Crippen molar-refractivity contribution in [3.8, 4) is 0 Å². The molecule has 4 bridgehead atoms. The molecule has 3 aliphatic carbocycles. The molecule has 0 saturated heterocycles. The van der Waals surface area contributed by atoms with Crippen LogP contribution in [0.4, 0.5) is 0 Å². The molecule has 0 aromatic carbocycles. The average molecular weight is 417 g/mol. The highest BCUT2D eigenvalue weighted by Gasteiger charge is 2.74. The lowest BCUT2D eigenvalue weighted by Crippen LogP contribution is -2.71. The highest BCUT2D eigenvalue weighted by molar-refractivity contribution is 5.89. The number of hydrogen-bond donors (Lipinski definition) is 0. The molecule has 0 aromatic heterocycles. The Kier molecular flexibility index (Phi) is 6.05. The number of ketones is 1. The van der Waals surface area contributed by atoms with Gasteiger partial charge in [0.15, 0.2) is 0 Å². The molecule has 3 fully saturated rings. The van der Waals surface area contributed by atoms with Crippen LogP contribution in [0, 0.1) is 34.5 Å². The number of esters is 2. The highest BCUT2D eigenvalue weighted by Crippen LogP contribution is 2.73. The van der Waals surface area contributed by atoms with Crippen molar-refractivity contribution in [1.29, 1.82) is 0 Å². The molecular weight excluding hydrogens is 380 g/mol. The molecule has 0 amide bonds. The van der Waals surface area contributed by atoms with Gasteiger partial charge in [-0.3, -0.25) is 4.79 Å². The van der Waals surface area contributed by atoms with Crippen molar-refractivity contribution in [3.63, 3.8) is 0 Å². The van der Waals surface area contributed by atoms with Crippen LogP contribution in [-0.2, 0) is 23.9 Å². The molecule has 3 aliphatic rings. The Balaban J connectivity index is 1.92. The molecule has 0 aromatic rings. The van der Waals surface area contributed by atoms with Crippen LogP contribution in [0.15, 0.2) is 23.3 Å². The van der Waals surface area contributed by atoms with Crippen LogP contribution in [-0.4, -0.2) is 30.4 Å². The first kappa shape index (κ1) is 22.8. The number of carbonyl (C=O) groups excluding carboxylic acids is 3. The zero-order valence-corrected chi connectivity index (χ0v) is 19.4. The highest BCUT2D eigenvalue weighted by atomic mass is 16.5. The van der Waals surface area contributed by atoms with E-state index in [1.54, 1.807) is 26.0 Å². The van der Waals surface area contributed by atoms with E-state index >= 15 is 0 Å². The molecule has 7 unspecified atom stereocenters. The fourth-order valence-corrected chi connectivity index (χ4v) is 6.50. The summed E-state index contributed by atoms with van der Waals surface area (Å²) in [6.07, 6.45) is 5.23. The Labute approximate surface area is 180 Å². The first-order valence-electron chi connectivity index (χ1n) is 11.2. The zero-order valence-electron chi connectivity index (χ0n) is 19.4. The van der Waals surface area contributed by atoms with Crippen molar-refractivity contribution >= 4 is 17.7 Å². The molecule has 7 atom stereocenters. The molecule has 0 N–H and O–H groups in total. The van der Waals surface area contributed by atoms with Crippen molar-refractivity contribution in [1.82, 2.24) is 0 Å². The van der Waals surface area contributed by atoms with E-state index in [2.05, 4.69) is 20.8 Å². The first-order valence-corrected chi connectivity index (χ1v) is 11.2. The lowest BCUT2D eigenvalue weighted by atomic mass is 9.35. The quantitative estimate of drug-likeness (QED) is 0.482. The number of ether oxygens (including phenoxy) is 2. The second-order valence-corrected chi connectivity index (χ2v) is 10.1. The summed E-state index contributed by atoms with van der Waals surface area (Å²) in [6, 6.07) is 0. The molecule has 0 radical (unpaired) electrons. The number of rotatable bonds is 5. The Bertz CT molecular complexity index is 808. The smallest absolute Gasteiger partial charge is 0.333 e. The SMILES string of the molecule is CC=C(C)C(=O)OCC1(C)CCC(OC(=O)C(C)=CC)C2(C)C3C(=O)CC(C)C2C31. The molecule has 3 rings (SSSR count). The molecule has 0 spiro atoms. The third-order valence-electron chi connectivity index (χ3n) is 8.39. The van der Waals surface area contributed by atoms with Gasteiger partial charge in [0.05, 0.1) is 6.61 Å². The van der Waals surface area contributed by atoms with Gasteiger partial charge in [0, 0.05) is 34.3 Å². The van der Waals surface area contributed by atoms with E-state index in [1.165, 1.54) is 0 Å². The number of carbonyl (C=O) groups is 3. The third kappa shape index (κ3) is 3.34. The topological polar surface area (TPSA) is 69.7 Å². The normalized spacial score (nSPS) is 40.9. The maximum Gasteiger partial charge on any atom is 0.333 e. The van der Waals surface area contributed by atoms with Gasteiger partial charge in [0.25, 0.3) is 0 Å². The van der Waals surface area contributed by atoms with E-state index in [0.29, 0.717) is 30.6 Å². The molecule has 166 valence electrons. The second-order valence-electron chi connectivity index (χ2n) is 10.1. The molecule has 3 saturated carbocycles. The van der Waals surface area contributed by atoms with Gasteiger partial charge in [-0.05, 0) is 58.3 Å². The van der Waals surface area contributed by atoms with Crippen molar-refractivity contribution in [2.24, 2.45) is 34.5 Å². The van der Waals surface area contributed by atoms with Gasteiger partial charge >= 0.3 is 11.9 Å². The van der Waals surface area contributed by atoms with Crippen LogP contribution < -0.4 is 0 Å². The number of fused-ring (bicyclic) bond motifs is 1. The van der Waals surface area contributed by atoms with Crippen LogP contribution in [0.1, 0.15) is 67.7 Å². The lowest BCUT2D eigenvalue weighted by Gasteiger charge is -2.68. The average Bonchev–Trinajstić information content (AvgIpc) is 2.86. The van der Waals surface area contributed by atoms with E-state index in [0.717, 1.165) is 6.42 Å². The first-order chi connectivity index (χ1) is 14.0. The predicted molar refractivity (Wildman–Crippen MR) is 114 cm³/mol. The summed E-state index contributed by atoms with van der Waals surface area (Å²) in [5.74, 6) is 0.181. The minimum atomic E-state index is -0.343.